The number of fused-ring (bicyclic) bond motifs is 2. The first-order valence-electron chi connectivity index (χ1n) is 23.9. The fourth-order valence-corrected chi connectivity index (χ4v) is 9.29. The largest absolute Gasteiger partial charge is 0.493 e. The van der Waals surface area contributed by atoms with Crippen LogP contribution in [-0.4, -0.2) is 86.3 Å². The molecule has 2 aliphatic heterocycles. The second-order valence-electron chi connectivity index (χ2n) is 18.5. The molecule has 10 heteroatoms. The zero-order chi connectivity index (χ0) is 48.5. The molecule has 2 aliphatic rings. The molecule has 0 atom stereocenters. The van der Waals surface area contributed by atoms with Gasteiger partial charge in [0, 0.05) is 71.9 Å². The van der Waals surface area contributed by atoms with Crippen LogP contribution in [0.4, 0.5) is 11.4 Å². The number of nitrogens with zero attached hydrogens (tertiary/aromatic N) is 4. The Kier molecular flexibility index (Phi) is 16.3. The predicted molar refractivity (Wildman–Crippen MR) is 276 cm³/mol. The van der Waals surface area contributed by atoms with E-state index in [0.29, 0.717) is 73.5 Å². The smallest absolute Gasteiger partial charge is 0.258 e. The lowest BCUT2D eigenvalue weighted by Gasteiger charge is -2.30. The molecule has 2 heterocycles. The van der Waals surface area contributed by atoms with Gasteiger partial charge in [0.25, 0.3) is 11.8 Å². The Bertz CT molecular complexity index is 2560. The highest BCUT2D eigenvalue weighted by Crippen LogP contribution is 2.38. The second-order valence-corrected chi connectivity index (χ2v) is 18.5. The molecule has 0 spiro atoms. The Hall–Kier alpha value is -6.62. The fraction of sp³-hybridized carbons (Fsp3) is 0.345. The Balaban J connectivity index is 0.000000201. The number of rotatable bonds is 18. The molecule has 0 N–H and O–H groups in total. The molecule has 0 saturated carbocycles. The third-order valence-corrected chi connectivity index (χ3v) is 12.8. The summed E-state index contributed by atoms with van der Waals surface area (Å²) in [5.74, 6) is 2.66. The van der Waals surface area contributed by atoms with Crippen LogP contribution >= 0.6 is 0 Å². The average molecular weight is 917 g/mol. The van der Waals surface area contributed by atoms with Gasteiger partial charge in [0.15, 0.2) is 23.0 Å². The molecule has 0 aliphatic carbocycles. The molecule has 2 amide bonds. The van der Waals surface area contributed by atoms with Crippen molar-refractivity contribution < 1.29 is 28.5 Å². The number of hydrogen-bond acceptors (Lipinski definition) is 8. The van der Waals surface area contributed by atoms with Gasteiger partial charge in [-0.2, -0.15) is 0 Å². The van der Waals surface area contributed by atoms with E-state index in [2.05, 4.69) is 108 Å². The molecule has 0 bridgehead atoms. The fourth-order valence-electron chi connectivity index (χ4n) is 9.29. The first-order chi connectivity index (χ1) is 32.8. The van der Waals surface area contributed by atoms with Gasteiger partial charge in [-0.25, -0.2) is 0 Å². The topological polar surface area (TPSA) is 84.0 Å². The lowest BCUT2D eigenvalue weighted by Crippen LogP contribution is -2.39. The lowest BCUT2D eigenvalue weighted by molar-refractivity contribution is 0.0989. The molecule has 0 unspecified atom stereocenters. The van der Waals surface area contributed by atoms with Gasteiger partial charge in [0.2, 0.25) is 0 Å². The molecule has 0 radical (unpaired) electrons. The van der Waals surface area contributed by atoms with E-state index in [1.54, 1.807) is 24.0 Å². The van der Waals surface area contributed by atoms with Crippen molar-refractivity contribution in [2.45, 2.75) is 92.6 Å². The predicted octanol–water partition coefficient (Wildman–Crippen LogP) is 12.0. The monoisotopic (exact) mass is 917 g/mol. The molecule has 68 heavy (non-hydrogen) atoms. The van der Waals surface area contributed by atoms with E-state index in [4.69, 9.17) is 18.9 Å². The molecule has 0 saturated heterocycles. The van der Waals surface area contributed by atoms with Crippen LogP contribution in [-0.2, 0) is 13.1 Å². The lowest BCUT2D eigenvalue weighted by atomic mass is 10.0. The van der Waals surface area contributed by atoms with Crippen molar-refractivity contribution in [3.8, 4) is 45.3 Å². The van der Waals surface area contributed by atoms with Crippen molar-refractivity contribution >= 4 is 23.2 Å². The van der Waals surface area contributed by atoms with Gasteiger partial charge in [-0.1, -0.05) is 78.9 Å². The molecular weight excluding hydrogens is 849 g/mol. The number of methoxy groups -OCH3 is 2. The van der Waals surface area contributed by atoms with Gasteiger partial charge >= 0.3 is 0 Å². The average Bonchev–Trinajstić information content (AvgIpc) is 3.86. The highest BCUT2D eigenvalue weighted by molar-refractivity contribution is 6.11. The Morgan fingerprint density at radius 1 is 0.441 bits per heavy atom. The van der Waals surface area contributed by atoms with E-state index in [0.717, 1.165) is 69.0 Å². The first kappa shape index (κ1) is 49.3. The van der Waals surface area contributed by atoms with Crippen molar-refractivity contribution in [1.29, 1.82) is 0 Å². The second kappa shape index (κ2) is 22.5. The van der Waals surface area contributed by atoms with Crippen LogP contribution in [0.3, 0.4) is 0 Å². The Labute approximate surface area is 404 Å². The van der Waals surface area contributed by atoms with Crippen molar-refractivity contribution in [1.82, 2.24) is 9.80 Å². The summed E-state index contributed by atoms with van der Waals surface area (Å²) in [6, 6.07) is 45.8. The molecule has 8 rings (SSSR count). The van der Waals surface area contributed by atoms with Crippen molar-refractivity contribution in [3.05, 3.63) is 156 Å². The third-order valence-electron chi connectivity index (χ3n) is 12.8. The standard InChI is InChI=1S/2C29H34N2O3/c1-20(2)30(21(3)4)15-16-34-27-14-12-25(18-28(27)33-5)31-19-24-17-23(11-13-26(24)29(31)32)22-9-7-6-8-10-22;1-20(2)30(21(3)4)15-16-34-27-14-13-25(18-28(27)33-5)31-19-24-12-11-23(17-26(24)29(31)32)22-9-7-6-8-10-22/h2*6-14,17-18,20-21H,15-16,19H2,1-5H3. The summed E-state index contributed by atoms with van der Waals surface area (Å²) in [5.41, 5.74) is 9.60. The minimum absolute atomic E-state index is 0.00742. The summed E-state index contributed by atoms with van der Waals surface area (Å²) in [6.07, 6.45) is 0. The quantitative estimate of drug-likeness (QED) is 0.0843. The van der Waals surface area contributed by atoms with Gasteiger partial charge in [0.1, 0.15) is 13.2 Å². The van der Waals surface area contributed by atoms with Crippen LogP contribution in [0.1, 0.15) is 87.2 Å². The number of carbonyl (C=O) groups is 2. The van der Waals surface area contributed by atoms with Gasteiger partial charge in [-0.3, -0.25) is 19.4 Å². The number of hydrogen-bond donors (Lipinski definition) is 0. The molecule has 6 aromatic carbocycles. The zero-order valence-corrected chi connectivity index (χ0v) is 41.5. The van der Waals surface area contributed by atoms with Crippen molar-refractivity contribution in [2.24, 2.45) is 0 Å². The molecule has 6 aromatic rings. The molecule has 10 nitrogen and oxygen atoms in total. The van der Waals surface area contributed by atoms with Crippen molar-refractivity contribution in [3.63, 3.8) is 0 Å². The maximum atomic E-state index is 13.3. The van der Waals surface area contributed by atoms with Crippen LogP contribution in [0.15, 0.2) is 133 Å². The number of amides is 2. The molecule has 0 fully saturated rings. The van der Waals surface area contributed by atoms with Gasteiger partial charge < -0.3 is 28.7 Å². The van der Waals surface area contributed by atoms with Gasteiger partial charge in [-0.15, -0.1) is 0 Å². The van der Waals surface area contributed by atoms with E-state index in [1.165, 1.54) is 0 Å². The Morgan fingerprint density at radius 3 is 1.32 bits per heavy atom. The maximum Gasteiger partial charge on any atom is 0.258 e. The zero-order valence-electron chi connectivity index (χ0n) is 41.5. The van der Waals surface area contributed by atoms with Gasteiger partial charge in [0.05, 0.1) is 27.3 Å². The first-order valence-corrected chi connectivity index (χ1v) is 23.9. The molecule has 0 aromatic heterocycles. The summed E-state index contributed by atoms with van der Waals surface area (Å²) in [4.78, 5) is 34.8. The van der Waals surface area contributed by atoms with E-state index >= 15 is 0 Å². The van der Waals surface area contributed by atoms with Crippen LogP contribution in [0, 0.1) is 0 Å². The highest BCUT2D eigenvalue weighted by atomic mass is 16.5. The van der Waals surface area contributed by atoms with E-state index < -0.39 is 0 Å². The summed E-state index contributed by atoms with van der Waals surface area (Å²) in [7, 11) is 3.26. The van der Waals surface area contributed by atoms with E-state index in [-0.39, 0.29) is 11.8 Å². The van der Waals surface area contributed by atoms with E-state index in [1.807, 2.05) is 91.0 Å². The van der Waals surface area contributed by atoms with Gasteiger partial charge in [-0.05, 0) is 131 Å². The van der Waals surface area contributed by atoms with Crippen LogP contribution in [0.5, 0.6) is 23.0 Å². The summed E-state index contributed by atoms with van der Waals surface area (Å²) in [6.45, 7) is 21.5. The maximum absolute atomic E-state index is 13.3. The number of carbonyl (C=O) groups excluding carboxylic acids is 2. The SMILES string of the molecule is COc1cc(N2Cc3cc(-c4ccccc4)ccc3C2=O)ccc1OCCN(C(C)C)C(C)C.COc1cc(N2Cc3ccc(-c4ccccc4)cc3C2=O)ccc1OCCN(C(C)C)C(C)C. The Morgan fingerprint density at radius 2 is 0.868 bits per heavy atom. The summed E-state index contributed by atoms with van der Waals surface area (Å²) in [5, 5.41) is 0. The number of ether oxygens (including phenoxy) is 4. The van der Waals surface area contributed by atoms with Crippen LogP contribution < -0.4 is 28.7 Å². The summed E-state index contributed by atoms with van der Waals surface area (Å²) >= 11 is 0. The number of benzene rings is 6. The molecular formula is C58H68N4O6. The highest BCUT2D eigenvalue weighted by Gasteiger charge is 2.31. The number of anilines is 2. The molecule has 356 valence electrons. The van der Waals surface area contributed by atoms with Crippen molar-refractivity contribution in [2.75, 3.05) is 50.3 Å². The van der Waals surface area contributed by atoms with E-state index in [9.17, 15) is 9.59 Å². The normalized spacial score (nSPS) is 13.2. The minimum atomic E-state index is 0.00742. The van der Waals surface area contributed by atoms with Crippen LogP contribution in [0.2, 0.25) is 0 Å². The summed E-state index contributed by atoms with van der Waals surface area (Å²) < 4.78 is 23.3. The third kappa shape index (κ3) is 11.4. The van der Waals surface area contributed by atoms with Crippen LogP contribution in [0.25, 0.3) is 22.3 Å². The minimum Gasteiger partial charge on any atom is -0.493 e.